The van der Waals surface area contributed by atoms with Gasteiger partial charge < -0.3 is 14.6 Å². The topological polar surface area (TPSA) is 76.1 Å². The Morgan fingerprint density at radius 1 is 1.16 bits per heavy atom. The van der Waals surface area contributed by atoms with Crippen molar-refractivity contribution in [2.75, 3.05) is 13.1 Å². The minimum atomic E-state index is -0.395. The number of benzene rings is 1. The largest absolute Gasteiger partial charge is 0.458 e. The predicted octanol–water partition coefficient (Wildman–Crippen LogP) is 4.23. The van der Waals surface area contributed by atoms with Crippen LogP contribution >= 0.6 is 0 Å². The van der Waals surface area contributed by atoms with Gasteiger partial charge in [-0.25, -0.2) is 4.79 Å². The summed E-state index contributed by atoms with van der Waals surface area (Å²) in [6, 6.07) is 9.43. The van der Waals surface area contributed by atoms with E-state index < -0.39 is 6.10 Å². The second kappa shape index (κ2) is 7.69. The van der Waals surface area contributed by atoms with Crippen LogP contribution in [-0.4, -0.2) is 59.4 Å². The van der Waals surface area contributed by atoms with Gasteiger partial charge in [0.1, 0.15) is 12.2 Å². The van der Waals surface area contributed by atoms with Crippen molar-refractivity contribution in [3.63, 3.8) is 0 Å². The monoisotopic (exact) mass is 505 g/mol. The van der Waals surface area contributed by atoms with Crippen LogP contribution in [0.15, 0.2) is 42.5 Å². The Bertz CT molecular complexity index is 1170. The molecule has 5 aliphatic carbocycles. The van der Waals surface area contributed by atoms with E-state index in [1.54, 1.807) is 12.1 Å². The number of hydrogen-bond acceptors (Lipinski definition) is 6. The first-order chi connectivity index (χ1) is 17.7. The Balaban J connectivity index is 1.36. The van der Waals surface area contributed by atoms with Crippen molar-refractivity contribution in [3.8, 4) is 0 Å². The predicted molar refractivity (Wildman–Crippen MR) is 137 cm³/mol. The van der Waals surface area contributed by atoms with Crippen molar-refractivity contribution >= 4 is 11.9 Å². The van der Waals surface area contributed by atoms with E-state index >= 15 is 0 Å². The zero-order chi connectivity index (χ0) is 25.9. The lowest BCUT2D eigenvalue weighted by atomic mass is 9.43. The molecule has 2 unspecified atom stereocenters. The molecule has 1 aliphatic heterocycles. The van der Waals surface area contributed by atoms with Crippen LogP contribution in [0.5, 0.6) is 0 Å². The van der Waals surface area contributed by atoms with Crippen LogP contribution in [0.3, 0.4) is 0 Å². The molecule has 1 N–H and O–H groups in total. The molecule has 6 nitrogen and oxygen atoms in total. The highest BCUT2D eigenvalue weighted by Gasteiger charge is 2.86. The number of hydrogen-bond donors (Lipinski definition) is 1. The van der Waals surface area contributed by atoms with Crippen LogP contribution in [0.1, 0.15) is 63.2 Å². The van der Waals surface area contributed by atoms with Crippen molar-refractivity contribution < 1.29 is 24.2 Å². The number of fused-ring (bicyclic) bond motifs is 1. The van der Waals surface area contributed by atoms with Gasteiger partial charge in [-0.1, -0.05) is 38.6 Å². The third-order valence-corrected chi connectivity index (χ3v) is 12.0. The third-order valence-electron chi connectivity index (χ3n) is 12.0. The molecular weight excluding hydrogens is 466 g/mol. The maximum absolute atomic E-state index is 13.2. The summed E-state index contributed by atoms with van der Waals surface area (Å²) in [5, 5.41) is 12.0. The molecule has 1 aromatic carbocycles. The number of likely N-dealkylation sites (tertiary alicyclic amines) is 1. The zero-order valence-corrected chi connectivity index (χ0v) is 22.2. The molecule has 6 aliphatic rings. The Morgan fingerprint density at radius 3 is 2.62 bits per heavy atom. The molecule has 1 aromatic rings. The first-order valence-electron chi connectivity index (χ1n) is 14.2. The summed E-state index contributed by atoms with van der Waals surface area (Å²) in [5.74, 6) is 0.262. The molecule has 6 fully saturated rings. The number of piperidine rings is 1. The molecular formula is C31H39NO5. The van der Waals surface area contributed by atoms with E-state index in [4.69, 9.17) is 9.47 Å². The first kappa shape index (κ1) is 23.9. The van der Waals surface area contributed by atoms with Gasteiger partial charge in [-0.05, 0) is 79.5 Å². The van der Waals surface area contributed by atoms with Crippen LogP contribution < -0.4 is 0 Å². The average molecular weight is 506 g/mol. The van der Waals surface area contributed by atoms with Gasteiger partial charge in [-0.2, -0.15) is 0 Å². The molecule has 1 heterocycles. The normalized spacial score (nSPS) is 49.0. The van der Waals surface area contributed by atoms with E-state index in [0.717, 1.165) is 44.3 Å². The van der Waals surface area contributed by atoms with Gasteiger partial charge >= 0.3 is 11.9 Å². The van der Waals surface area contributed by atoms with Gasteiger partial charge in [0.15, 0.2) is 0 Å². The molecule has 6 heteroatoms. The number of ether oxygens (including phenoxy) is 2. The maximum atomic E-state index is 13.2. The Kier molecular flexibility index (Phi) is 4.97. The van der Waals surface area contributed by atoms with Gasteiger partial charge in [-0.15, -0.1) is 0 Å². The molecule has 0 radical (unpaired) electrons. The highest BCUT2D eigenvalue weighted by Crippen LogP contribution is 2.84. The number of aliphatic hydroxyl groups is 1. The second-order valence-electron chi connectivity index (χ2n) is 13.2. The van der Waals surface area contributed by atoms with E-state index in [1.807, 2.05) is 18.2 Å². The first-order valence-corrected chi connectivity index (χ1v) is 14.2. The van der Waals surface area contributed by atoms with E-state index in [0.29, 0.717) is 23.8 Å². The summed E-state index contributed by atoms with van der Waals surface area (Å²) in [6.45, 7) is 12.7. The van der Waals surface area contributed by atoms with E-state index in [2.05, 4.69) is 25.3 Å². The summed E-state index contributed by atoms with van der Waals surface area (Å²) in [7, 11) is 0. The summed E-state index contributed by atoms with van der Waals surface area (Å²) in [5.41, 5.74) is 1.10. The zero-order valence-electron chi connectivity index (χ0n) is 22.2. The smallest absolute Gasteiger partial charge is 0.338 e. The van der Waals surface area contributed by atoms with Crippen LogP contribution in [0.4, 0.5) is 0 Å². The minimum absolute atomic E-state index is 0.0361. The number of esters is 2. The van der Waals surface area contributed by atoms with Crippen LogP contribution in [0.2, 0.25) is 0 Å². The lowest BCUT2D eigenvalue weighted by Crippen LogP contribution is -2.68. The molecule has 5 saturated carbocycles. The molecule has 0 amide bonds. The number of aliphatic hydroxyl groups excluding tert-OH is 1. The molecule has 198 valence electrons. The molecule has 0 aromatic heterocycles. The Hall–Kier alpha value is -2.18. The van der Waals surface area contributed by atoms with Gasteiger partial charge in [-0.3, -0.25) is 9.69 Å². The molecule has 7 bridgehead atoms. The molecule has 1 saturated heterocycles. The van der Waals surface area contributed by atoms with Gasteiger partial charge in [0.25, 0.3) is 0 Å². The fourth-order valence-electron chi connectivity index (χ4n) is 11.2. The van der Waals surface area contributed by atoms with Gasteiger partial charge in [0, 0.05) is 36.3 Å². The van der Waals surface area contributed by atoms with Gasteiger partial charge in [0.05, 0.1) is 11.7 Å². The fraction of sp³-hybridized carbons (Fsp3) is 0.677. The number of rotatable bonds is 4. The highest BCUT2D eigenvalue weighted by molar-refractivity contribution is 5.89. The summed E-state index contributed by atoms with van der Waals surface area (Å²) in [6.07, 6.45) is 3.36. The van der Waals surface area contributed by atoms with Crippen LogP contribution in [-0.2, 0) is 14.3 Å². The molecule has 11 atom stereocenters. The van der Waals surface area contributed by atoms with Gasteiger partial charge in [0.2, 0.25) is 0 Å². The molecule has 37 heavy (non-hydrogen) atoms. The summed E-state index contributed by atoms with van der Waals surface area (Å²) in [4.78, 5) is 28.3. The third kappa shape index (κ3) is 2.74. The van der Waals surface area contributed by atoms with Crippen molar-refractivity contribution in [3.05, 3.63) is 48.0 Å². The van der Waals surface area contributed by atoms with Crippen molar-refractivity contribution in [1.29, 1.82) is 0 Å². The molecule has 7 rings (SSSR count). The standard InChI is InChI=1S/C31H39NO5/c1-5-32-16-29(4)12-11-25(34)31-23(29)13-21(26(31)32)30-15-20(17(2)27(30)36-18(3)33)22(14-24(30)31)37-28(35)19-9-7-6-8-10-19/h6-10,20-27,34H,2,5,11-16H2,1,3-4H3/t20-,21?,22+,23-,24-,25+,26?,27-,29+,30+,31+/m1/s1. The highest BCUT2D eigenvalue weighted by atomic mass is 16.6. The minimum Gasteiger partial charge on any atom is -0.458 e. The van der Waals surface area contributed by atoms with E-state index in [9.17, 15) is 14.7 Å². The maximum Gasteiger partial charge on any atom is 0.338 e. The van der Waals surface area contributed by atoms with Crippen molar-refractivity contribution in [2.45, 2.75) is 77.2 Å². The SMILES string of the molecule is C=C1[C@H]2C[C@@]3(C4C[C@@H]5[C@@]6(C)CC[C@H](O)[C@@]5(C4N(CC)C6)[C@@H]3C[C@@H]2OC(=O)c2ccccc2)[C@@H]1OC(C)=O. The number of carbonyl (C=O) groups is 2. The lowest BCUT2D eigenvalue weighted by molar-refractivity contribution is -0.220. The van der Waals surface area contributed by atoms with Crippen molar-refractivity contribution in [1.82, 2.24) is 4.90 Å². The van der Waals surface area contributed by atoms with Crippen LogP contribution in [0, 0.1) is 39.9 Å². The Morgan fingerprint density at radius 2 is 1.92 bits per heavy atom. The summed E-state index contributed by atoms with van der Waals surface area (Å²) >= 11 is 0. The second-order valence-corrected chi connectivity index (χ2v) is 13.2. The Labute approximate surface area is 219 Å². The fourth-order valence-corrected chi connectivity index (χ4v) is 11.2. The lowest BCUT2D eigenvalue weighted by Gasteiger charge is -2.65. The molecule has 2 spiro atoms. The van der Waals surface area contributed by atoms with E-state index in [1.165, 1.54) is 6.92 Å². The van der Waals surface area contributed by atoms with E-state index in [-0.39, 0.29) is 58.3 Å². The van der Waals surface area contributed by atoms with Crippen LogP contribution in [0.25, 0.3) is 0 Å². The average Bonchev–Trinajstić information content (AvgIpc) is 3.41. The number of carbonyl (C=O) groups excluding carboxylic acids is 2. The summed E-state index contributed by atoms with van der Waals surface area (Å²) < 4.78 is 12.4. The number of nitrogens with zero attached hydrogens (tertiary/aromatic N) is 1. The van der Waals surface area contributed by atoms with Crippen molar-refractivity contribution in [2.24, 2.45) is 39.9 Å². The quantitative estimate of drug-likeness (QED) is 0.488.